The van der Waals surface area contributed by atoms with Crippen molar-refractivity contribution in [1.29, 1.82) is 5.26 Å². The van der Waals surface area contributed by atoms with Gasteiger partial charge in [-0.3, -0.25) is 0 Å². The van der Waals surface area contributed by atoms with Crippen molar-refractivity contribution in [2.24, 2.45) is 0 Å². The van der Waals surface area contributed by atoms with Gasteiger partial charge in [-0.15, -0.1) is 5.10 Å². The minimum absolute atomic E-state index is 0.221. The van der Waals surface area contributed by atoms with Gasteiger partial charge in [0.25, 0.3) is 0 Å². The lowest BCUT2D eigenvalue weighted by molar-refractivity contribution is -0.143. The van der Waals surface area contributed by atoms with Crippen LogP contribution in [0.4, 0.5) is 13.2 Å². The molecule has 2 rings (SSSR count). The average molecular weight is 266 g/mol. The van der Waals surface area contributed by atoms with Crippen LogP contribution in [-0.4, -0.2) is 15.0 Å². The Morgan fingerprint density at radius 1 is 1.26 bits per heavy atom. The van der Waals surface area contributed by atoms with Crippen molar-refractivity contribution >= 4 is 0 Å². The van der Waals surface area contributed by atoms with Crippen LogP contribution < -0.4 is 0 Å². The molecule has 0 radical (unpaired) electrons. The third kappa shape index (κ3) is 2.42. The van der Waals surface area contributed by atoms with Crippen molar-refractivity contribution in [3.63, 3.8) is 0 Å². The number of benzene rings is 1. The number of rotatable bonds is 2. The van der Waals surface area contributed by atoms with E-state index in [1.165, 1.54) is 18.2 Å². The van der Waals surface area contributed by atoms with E-state index in [4.69, 9.17) is 5.26 Å². The van der Waals surface area contributed by atoms with E-state index in [1.54, 1.807) is 12.1 Å². The molecule has 0 aliphatic carbocycles. The SMILES string of the molecule is CCc1ccc(-n2nnc(C#N)c2C(F)(F)F)cc1. The van der Waals surface area contributed by atoms with Gasteiger partial charge < -0.3 is 0 Å². The zero-order valence-electron chi connectivity index (χ0n) is 9.94. The second-order valence-corrected chi connectivity index (χ2v) is 3.83. The van der Waals surface area contributed by atoms with Crippen molar-refractivity contribution in [3.8, 4) is 11.8 Å². The molecule has 1 aromatic heterocycles. The van der Waals surface area contributed by atoms with Crippen LogP contribution in [-0.2, 0) is 12.6 Å². The van der Waals surface area contributed by atoms with Crippen LogP contribution in [0.1, 0.15) is 23.9 Å². The van der Waals surface area contributed by atoms with Crippen LogP contribution in [0.2, 0.25) is 0 Å². The first-order chi connectivity index (χ1) is 8.97. The molecule has 7 heteroatoms. The highest BCUT2D eigenvalue weighted by Crippen LogP contribution is 2.32. The Morgan fingerprint density at radius 3 is 2.37 bits per heavy atom. The molecule has 98 valence electrons. The second kappa shape index (κ2) is 4.72. The molecule has 0 aliphatic rings. The van der Waals surface area contributed by atoms with E-state index in [2.05, 4.69) is 10.3 Å². The summed E-state index contributed by atoms with van der Waals surface area (Å²) in [6.07, 6.45) is -3.90. The molecule has 0 N–H and O–H groups in total. The van der Waals surface area contributed by atoms with Gasteiger partial charge in [-0.1, -0.05) is 24.3 Å². The fourth-order valence-corrected chi connectivity index (χ4v) is 1.67. The molecule has 0 atom stereocenters. The van der Waals surface area contributed by atoms with E-state index in [0.717, 1.165) is 12.0 Å². The molecule has 2 aromatic rings. The summed E-state index contributed by atoms with van der Waals surface area (Å²) in [6, 6.07) is 7.86. The van der Waals surface area contributed by atoms with E-state index in [1.807, 2.05) is 6.92 Å². The molecule has 1 aromatic carbocycles. The summed E-state index contributed by atoms with van der Waals surface area (Å²) in [5.74, 6) is 0. The molecule has 0 fully saturated rings. The quantitative estimate of drug-likeness (QED) is 0.839. The summed E-state index contributed by atoms with van der Waals surface area (Å²) in [6.45, 7) is 1.94. The van der Waals surface area contributed by atoms with Gasteiger partial charge >= 0.3 is 6.18 Å². The largest absolute Gasteiger partial charge is 0.436 e. The molecule has 0 unspecified atom stereocenters. The summed E-state index contributed by atoms with van der Waals surface area (Å²) in [7, 11) is 0. The van der Waals surface area contributed by atoms with Gasteiger partial charge in [0.05, 0.1) is 5.69 Å². The maximum absolute atomic E-state index is 12.9. The third-order valence-electron chi connectivity index (χ3n) is 2.63. The second-order valence-electron chi connectivity index (χ2n) is 3.83. The summed E-state index contributed by atoms with van der Waals surface area (Å²) < 4.78 is 39.4. The Morgan fingerprint density at radius 2 is 1.89 bits per heavy atom. The molecule has 0 bridgehead atoms. The fourth-order valence-electron chi connectivity index (χ4n) is 1.67. The Balaban J connectivity index is 2.56. The minimum Gasteiger partial charge on any atom is -0.207 e. The van der Waals surface area contributed by atoms with E-state index >= 15 is 0 Å². The van der Waals surface area contributed by atoms with Crippen molar-refractivity contribution in [2.75, 3.05) is 0 Å². The molecule has 0 spiro atoms. The first-order valence-electron chi connectivity index (χ1n) is 5.49. The van der Waals surface area contributed by atoms with Gasteiger partial charge in [-0.05, 0) is 24.1 Å². The lowest BCUT2D eigenvalue weighted by Crippen LogP contribution is -2.14. The summed E-state index contributed by atoms with van der Waals surface area (Å²) >= 11 is 0. The van der Waals surface area contributed by atoms with Crippen molar-refractivity contribution in [3.05, 3.63) is 41.2 Å². The van der Waals surface area contributed by atoms with E-state index < -0.39 is 17.6 Å². The van der Waals surface area contributed by atoms with Gasteiger partial charge in [0, 0.05) is 0 Å². The summed E-state index contributed by atoms with van der Waals surface area (Å²) in [4.78, 5) is 0. The Kier molecular flexibility index (Phi) is 3.25. The number of hydrogen-bond donors (Lipinski definition) is 0. The zero-order valence-corrected chi connectivity index (χ0v) is 9.94. The molecule has 19 heavy (non-hydrogen) atoms. The Bertz CT molecular complexity index is 620. The monoisotopic (exact) mass is 266 g/mol. The number of nitriles is 1. The highest BCUT2D eigenvalue weighted by atomic mass is 19.4. The first-order valence-corrected chi connectivity index (χ1v) is 5.49. The Hall–Kier alpha value is -2.36. The maximum Gasteiger partial charge on any atom is 0.436 e. The zero-order chi connectivity index (χ0) is 14.0. The number of aromatic nitrogens is 3. The van der Waals surface area contributed by atoms with E-state index in [-0.39, 0.29) is 5.69 Å². The minimum atomic E-state index is -4.68. The lowest BCUT2D eigenvalue weighted by atomic mass is 10.1. The molecule has 0 saturated heterocycles. The topological polar surface area (TPSA) is 54.5 Å². The van der Waals surface area contributed by atoms with Crippen LogP contribution in [0.25, 0.3) is 5.69 Å². The number of alkyl halides is 3. The number of hydrogen-bond acceptors (Lipinski definition) is 3. The van der Waals surface area contributed by atoms with Gasteiger partial charge in [-0.25, -0.2) is 4.68 Å². The van der Waals surface area contributed by atoms with E-state index in [9.17, 15) is 13.2 Å². The standard InChI is InChI=1S/C12H9F3N4/c1-2-8-3-5-9(6-4-8)19-11(12(13,14)15)10(7-16)17-18-19/h3-6H,2H2,1H3. The smallest absolute Gasteiger partial charge is 0.207 e. The predicted molar refractivity (Wildman–Crippen MR) is 60.5 cm³/mol. The van der Waals surface area contributed by atoms with Crippen LogP contribution in [0.3, 0.4) is 0 Å². The number of halogens is 3. The lowest BCUT2D eigenvalue weighted by Gasteiger charge is -2.09. The first kappa shape index (κ1) is 13.1. The maximum atomic E-state index is 12.9. The van der Waals surface area contributed by atoms with Crippen LogP contribution in [0, 0.1) is 11.3 Å². The highest BCUT2D eigenvalue weighted by Gasteiger charge is 2.40. The average Bonchev–Trinajstić information content (AvgIpc) is 2.82. The molecule has 4 nitrogen and oxygen atoms in total. The van der Waals surface area contributed by atoms with Crippen molar-refractivity contribution in [1.82, 2.24) is 15.0 Å². The Labute approximate surface area is 107 Å². The van der Waals surface area contributed by atoms with Crippen LogP contribution in [0.5, 0.6) is 0 Å². The van der Waals surface area contributed by atoms with Gasteiger partial charge in [0.15, 0.2) is 11.4 Å². The van der Waals surface area contributed by atoms with Gasteiger partial charge in [0.2, 0.25) is 0 Å². The summed E-state index contributed by atoms with van der Waals surface area (Å²) in [5, 5.41) is 15.3. The third-order valence-corrected chi connectivity index (χ3v) is 2.63. The highest BCUT2D eigenvalue weighted by molar-refractivity contribution is 5.39. The van der Waals surface area contributed by atoms with E-state index in [0.29, 0.717) is 4.68 Å². The summed E-state index contributed by atoms with van der Waals surface area (Å²) in [5.41, 5.74) is -0.664. The molecule has 1 heterocycles. The van der Waals surface area contributed by atoms with Crippen LogP contribution >= 0.6 is 0 Å². The van der Waals surface area contributed by atoms with Gasteiger partial charge in [0.1, 0.15) is 6.07 Å². The van der Waals surface area contributed by atoms with Crippen LogP contribution in [0.15, 0.2) is 24.3 Å². The predicted octanol–water partition coefficient (Wildman–Crippen LogP) is 2.72. The molecular weight excluding hydrogens is 257 g/mol. The van der Waals surface area contributed by atoms with Gasteiger partial charge in [-0.2, -0.15) is 18.4 Å². The molecule has 0 saturated carbocycles. The number of nitrogens with zero attached hydrogens (tertiary/aromatic N) is 4. The fraction of sp³-hybridized carbons (Fsp3) is 0.250. The molecular formula is C12H9F3N4. The molecule has 0 amide bonds. The van der Waals surface area contributed by atoms with Crippen molar-refractivity contribution < 1.29 is 13.2 Å². The normalized spacial score (nSPS) is 11.3. The van der Waals surface area contributed by atoms with Crippen molar-refractivity contribution in [2.45, 2.75) is 19.5 Å². The number of aryl methyl sites for hydroxylation is 1. The molecule has 0 aliphatic heterocycles.